The first-order chi connectivity index (χ1) is 47.0. The van der Waals surface area contributed by atoms with Crippen LogP contribution in [0.5, 0.6) is 0 Å². The number of carbonyl (C=O) groups is 5. The van der Waals surface area contributed by atoms with Crippen LogP contribution in [0.25, 0.3) is 17.2 Å². The number of halogens is 5. The standard InChI is InChI=1S/C71H84Cl5N11O9S/c1-47-48(2)97-71-66(47)67(53-14-16-56(72)17-15-53)81-61(69-83-82-49(3)87(69)71)44-65(90)78-21-26-85-29-27-84(28-30-85)25-8-7-11-63(88)79-24-34-95-36-38-96-37-35-93-31-20-64(89)80-23-33-94-32-22-77-62(43-50-9-5-4-6-10-50)70(92)86-45-54(39-51-12-18-57(73)59(75)41-51)68(91)55(46-86)40-52-13-19-58(74)60(76)42-52/h4-6,9-10,12-19,39-42,61-62,77H,7-8,11,20-38,43-46H2,1-3H3,(H,78,90)(H,79,88)(H,80,89)/b54-39+,55-40+/t61-,62-/m0/s1. The van der Waals surface area contributed by atoms with Crippen molar-refractivity contribution < 1.29 is 42.9 Å². The maximum atomic E-state index is 14.5. The average Bonchev–Trinajstić information content (AvgIpc) is 1.60. The molecular weight excluding hydrogens is 1360 g/mol. The fourth-order valence-electron chi connectivity index (χ4n) is 11.5. The molecule has 0 unspecified atom stereocenters. The number of aryl methyl sites for hydroxylation is 2. The fourth-order valence-corrected chi connectivity index (χ4v) is 13.5. The Hall–Kier alpha value is -6.41. The van der Waals surface area contributed by atoms with Gasteiger partial charge in [0, 0.05) is 117 Å². The number of amides is 4. The van der Waals surface area contributed by atoms with Gasteiger partial charge in [-0.25, -0.2) is 0 Å². The first kappa shape index (κ1) is 74.8. The van der Waals surface area contributed by atoms with Crippen LogP contribution in [-0.2, 0) is 49.3 Å². The Morgan fingerprint density at radius 1 is 0.619 bits per heavy atom. The molecule has 4 aromatic carbocycles. The second-order valence-corrected chi connectivity index (χ2v) is 27.2. The third-order valence-corrected chi connectivity index (χ3v) is 19.8. The molecule has 518 valence electrons. The second kappa shape index (κ2) is 38.2. The number of carbonyl (C=O) groups excluding carboxylic acids is 5. The van der Waals surface area contributed by atoms with Crippen molar-refractivity contribution in [1.82, 2.24) is 50.7 Å². The van der Waals surface area contributed by atoms with Crippen LogP contribution in [0.1, 0.15) is 88.1 Å². The molecule has 2 aromatic heterocycles. The van der Waals surface area contributed by atoms with Gasteiger partial charge < -0.3 is 50.0 Å². The van der Waals surface area contributed by atoms with Gasteiger partial charge in [-0.15, -0.1) is 21.5 Å². The lowest BCUT2D eigenvalue weighted by atomic mass is 9.93. The van der Waals surface area contributed by atoms with Crippen LogP contribution in [0.2, 0.25) is 25.1 Å². The molecule has 4 N–H and O–H groups in total. The van der Waals surface area contributed by atoms with Gasteiger partial charge in [-0.05, 0) is 117 Å². The molecule has 0 aliphatic carbocycles. The number of nitrogens with zero attached hydrogens (tertiary/aromatic N) is 7. The molecule has 20 nitrogen and oxygen atoms in total. The maximum Gasteiger partial charge on any atom is 0.240 e. The molecule has 0 saturated carbocycles. The lowest BCUT2D eigenvalue weighted by Crippen LogP contribution is -2.52. The first-order valence-corrected chi connectivity index (χ1v) is 35.5. The van der Waals surface area contributed by atoms with Crippen molar-refractivity contribution in [3.05, 3.63) is 177 Å². The summed E-state index contributed by atoms with van der Waals surface area (Å²) in [7, 11) is 0. The molecule has 5 heterocycles. The minimum Gasteiger partial charge on any atom is -0.379 e. The molecule has 9 rings (SSSR count). The number of ether oxygens (including phenoxy) is 4. The van der Waals surface area contributed by atoms with E-state index in [0.29, 0.717) is 125 Å². The van der Waals surface area contributed by atoms with E-state index in [1.54, 1.807) is 64.8 Å². The van der Waals surface area contributed by atoms with E-state index in [0.717, 1.165) is 90.9 Å². The summed E-state index contributed by atoms with van der Waals surface area (Å²) in [5, 5.41) is 24.4. The highest BCUT2D eigenvalue weighted by atomic mass is 35.5. The zero-order chi connectivity index (χ0) is 68.6. The molecule has 0 spiro atoms. The van der Waals surface area contributed by atoms with Gasteiger partial charge in [0.1, 0.15) is 16.9 Å². The first-order valence-electron chi connectivity index (χ1n) is 32.8. The van der Waals surface area contributed by atoms with Crippen molar-refractivity contribution in [3.63, 3.8) is 0 Å². The summed E-state index contributed by atoms with van der Waals surface area (Å²) in [5.74, 6) is 0.757. The van der Waals surface area contributed by atoms with Crippen molar-refractivity contribution in [2.24, 2.45) is 4.99 Å². The third kappa shape index (κ3) is 22.5. The Kier molecular flexibility index (Phi) is 29.5. The molecule has 2 saturated heterocycles. The monoisotopic (exact) mass is 1440 g/mol. The number of piperidine rings is 1. The Morgan fingerprint density at radius 3 is 1.81 bits per heavy atom. The smallest absolute Gasteiger partial charge is 0.240 e. The van der Waals surface area contributed by atoms with E-state index in [1.165, 1.54) is 4.88 Å². The highest BCUT2D eigenvalue weighted by Gasteiger charge is 2.35. The highest BCUT2D eigenvalue weighted by Crippen LogP contribution is 2.40. The number of aliphatic imine (C=N–C) groups is 1. The van der Waals surface area contributed by atoms with E-state index in [9.17, 15) is 24.0 Å². The van der Waals surface area contributed by atoms with Crippen molar-refractivity contribution >= 4 is 117 Å². The number of hydrogen-bond acceptors (Lipinski definition) is 16. The minimum absolute atomic E-state index is 0.00879. The van der Waals surface area contributed by atoms with Crippen molar-refractivity contribution in [3.8, 4) is 5.00 Å². The quantitative estimate of drug-likeness (QED) is 0.0215. The summed E-state index contributed by atoms with van der Waals surface area (Å²) in [6.07, 6.45) is 6.36. The molecule has 0 radical (unpaired) electrons. The number of piperazine rings is 1. The van der Waals surface area contributed by atoms with Gasteiger partial charge in [0.25, 0.3) is 0 Å². The fraction of sp³-hybridized carbons (Fsp3) is 0.437. The number of ketones is 1. The molecular formula is C71H84Cl5N11O9S. The Bertz CT molecular complexity index is 3670. The molecule has 2 atom stereocenters. The minimum atomic E-state index is -0.652. The van der Waals surface area contributed by atoms with Crippen LogP contribution in [0.3, 0.4) is 0 Å². The number of Topliss-reactive ketones (excluding diaryl/α,β-unsaturated/α-hetero) is 1. The van der Waals surface area contributed by atoms with Crippen LogP contribution in [0.4, 0.5) is 0 Å². The number of benzene rings is 4. The van der Waals surface area contributed by atoms with Crippen molar-refractivity contribution in [2.75, 3.05) is 131 Å². The van der Waals surface area contributed by atoms with Gasteiger partial charge in [0.05, 0.1) is 91.1 Å². The summed E-state index contributed by atoms with van der Waals surface area (Å²) in [4.78, 5) is 79.9. The Morgan fingerprint density at radius 2 is 1.19 bits per heavy atom. The topological polar surface area (TPSA) is 223 Å². The normalized spacial score (nSPS) is 16.2. The molecule has 3 aliphatic rings. The summed E-state index contributed by atoms with van der Waals surface area (Å²) in [6, 6.07) is 26.4. The third-order valence-electron chi connectivity index (χ3n) is 16.8. The van der Waals surface area contributed by atoms with Crippen LogP contribution < -0.4 is 21.3 Å². The number of nitrogens with one attached hydrogen (secondary N) is 4. The van der Waals surface area contributed by atoms with E-state index in [1.807, 2.05) is 61.5 Å². The van der Waals surface area contributed by atoms with Gasteiger partial charge in [-0.2, -0.15) is 0 Å². The number of unbranched alkanes of at least 4 members (excludes halogenated alkanes) is 1. The van der Waals surface area contributed by atoms with Crippen molar-refractivity contribution in [1.29, 1.82) is 0 Å². The molecule has 26 heteroatoms. The second-order valence-electron chi connectivity index (χ2n) is 23.9. The number of thiophene rings is 1. The lowest BCUT2D eigenvalue weighted by Gasteiger charge is -2.34. The van der Waals surface area contributed by atoms with E-state index >= 15 is 0 Å². The van der Waals surface area contributed by atoms with Crippen molar-refractivity contribution in [2.45, 2.75) is 71.4 Å². The maximum absolute atomic E-state index is 14.5. The molecule has 6 aromatic rings. The zero-order valence-electron chi connectivity index (χ0n) is 55.0. The molecule has 2 fully saturated rings. The zero-order valence-corrected chi connectivity index (χ0v) is 59.6. The van der Waals surface area contributed by atoms with Gasteiger partial charge in [-0.3, -0.25) is 38.4 Å². The Labute approximate surface area is 596 Å². The Balaban J connectivity index is 0.566. The number of likely N-dealkylation sites (tertiary alicyclic amines) is 1. The van der Waals surface area contributed by atoms with Gasteiger partial charge in [-0.1, -0.05) is 113 Å². The molecule has 3 aliphatic heterocycles. The van der Waals surface area contributed by atoms with E-state index < -0.39 is 12.1 Å². The van der Waals surface area contributed by atoms with Gasteiger partial charge in [0.15, 0.2) is 11.6 Å². The number of fused-ring (bicyclic) bond motifs is 3. The van der Waals surface area contributed by atoms with E-state index in [2.05, 4.69) is 59.7 Å². The van der Waals surface area contributed by atoms with Gasteiger partial charge >= 0.3 is 0 Å². The summed E-state index contributed by atoms with van der Waals surface area (Å²) in [5.41, 5.74) is 7.02. The van der Waals surface area contributed by atoms with Gasteiger partial charge in [0.2, 0.25) is 23.6 Å². The summed E-state index contributed by atoms with van der Waals surface area (Å²) >= 11 is 33.0. The van der Waals surface area contributed by atoms with Crippen LogP contribution in [0.15, 0.2) is 107 Å². The average molecular weight is 1440 g/mol. The summed E-state index contributed by atoms with van der Waals surface area (Å²) < 4.78 is 24.7. The molecule has 4 amide bonds. The highest BCUT2D eigenvalue weighted by molar-refractivity contribution is 7.15. The molecule has 97 heavy (non-hydrogen) atoms. The number of hydrogen-bond donors (Lipinski definition) is 4. The SMILES string of the molecule is Cc1sc2c(c1C)C(c1ccc(Cl)cc1)=N[C@@H](CC(=O)NCCN1CCN(CCCCC(=O)NCCOCCOCCOCCC(=O)NCCOCCN[C@@H](Cc3ccccc3)C(=O)N3C/C(=C\c4ccc(Cl)c(Cl)c4)C(=O)/C(=C/c4ccc(Cl)c(Cl)c4)C3)CC1)c1nnc(C)n1-2. The van der Waals surface area contributed by atoms with Crippen LogP contribution in [-0.4, -0.2) is 202 Å². The summed E-state index contributed by atoms with van der Waals surface area (Å²) in [6.45, 7) is 15.9. The van der Waals surface area contributed by atoms with E-state index in [-0.39, 0.29) is 75.2 Å². The van der Waals surface area contributed by atoms with Crippen LogP contribution >= 0.6 is 69.3 Å². The lowest BCUT2D eigenvalue weighted by molar-refractivity contribution is -0.133. The van der Waals surface area contributed by atoms with Crippen LogP contribution in [0, 0.1) is 20.8 Å². The van der Waals surface area contributed by atoms with E-state index in [4.69, 9.17) is 81.9 Å². The number of aromatic nitrogens is 3. The molecule has 0 bridgehead atoms. The number of rotatable bonds is 35. The predicted octanol–water partition coefficient (Wildman–Crippen LogP) is 10.2. The predicted molar refractivity (Wildman–Crippen MR) is 384 cm³/mol. The largest absolute Gasteiger partial charge is 0.379 e.